The maximum absolute atomic E-state index is 12.3. The van der Waals surface area contributed by atoms with E-state index in [2.05, 4.69) is 29.0 Å². The van der Waals surface area contributed by atoms with Crippen molar-refractivity contribution in [3.05, 3.63) is 27.3 Å². The molecule has 2 aromatic heterocycles. The summed E-state index contributed by atoms with van der Waals surface area (Å²) in [6, 6.07) is 0.0836. The van der Waals surface area contributed by atoms with Gasteiger partial charge in [-0.15, -0.1) is 0 Å². The zero-order chi connectivity index (χ0) is 17.0. The molecule has 0 atom stereocenters. The molecular weight excluding hydrogens is 316 g/mol. The summed E-state index contributed by atoms with van der Waals surface area (Å²) in [5.74, 6) is 0.384. The Labute approximate surface area is 140 Å². The van der Waals surface area contributed by atoms with Crippen LogP contribution in [0.15, 0.2) is 16.1 Å². The maximum Gasteiger partial charge on any atom is 0.327 e. The van der Waals surface area contributed by atoms with Gasteiger partial charge in [-0.2, -0.15) is 0 Å². The third-order valence-electron chi connectivity index (χ3n) is 3.70. The van der Waals surface area contributed by atoms with Gasteiger partial charge >= 0.3 is 5.69 Å². The summed E-state index contributed by atoms with van der Waals surface area (Å²) in [5, 5.41) is 4.43. The SMILES string of the molecule is CCC(CC)n1c(=O)[nH]c2ncc(Cl)c(C=NOCC(C)C)c21. The average molecular weight is 339 g/mol. The lowest BCUT2D eigenvalue weighted by molar-refractivity contribution is 0.120. The Hall–Kier alpha value is -1.82. The average Bonchev–Trinajstić information content (AvgIpc) is 2.84. The standard InChI is InChI=1S/C16H23ClN4O2/c1-5-11(6-2)21-14-12(7-19-23-9-10(3)4)13(17)8-18-15(14)20-16(21)22/h7-8,10-11H,5-6,9H2,1-4H3,(H,18,20,22). The van der Waals surface area contributed by atoms with Gasteiger partial charge in [0, 0.05) is 17.8 Å². The third kappa shape index (κ3) is 3.75. The zero-order valence-corrected chi connectivity index (χ0v) is 14.7. The van der Waals surface area contributed by atoms with Gasteiger partial charge < -0.3 is 4.84 Å². The van der Waals surface area contributed by atoms with Gasteiger partial charge in [-0.25, -0.2) is 9.78 Å². The van der Waals surface area contributed by atoms with E-state index in [1.54, 1.807) is 10.8 Å². The van der Waals surface area contributed by atoms with E-state index in [4.69, 9.17) is 16.4 Å². The number of hydrogen-bond donors (Lipinski definition) is 1. The Morgan fingerprint density at radius 3 is 2.74 bits per heavy atom. The molecule has 2 aromatic rings. The van der Waals surface area contributed by atoms with Crippen molar-refractivity contribution in [3.8, 4) is 0 Å². The predicted octanol–water partition coefficient (Wildman–Crippen LogP) is 3.75. The van der Waals surface area contributed by atoms with Crippen LogP contribution in [-0.4, -0.2) is 27.4 Å². The highest BCUT2D eigenvalue weighted by Gasteiger charge is 2.19. The molecular formula is C16H23ClN4O2. The maximum atomic E-state index is 12.3. The van der Waals surface area contributed by atoms with Gasteiger partial charge in [0.25, 0.3) is 0 Å². The molecule has 0 aromatic carbocycles. The van der Waals surface area contributed by atoms with Crippen LogP contribution in [0.25, 0.3) is 11.2 Å². The molecule has 1 N–H and O–H groups in total. The van der Waals surface area contributed by atoms with Crippen LogP contribution in [0.5, 0.6) is 0 Å². The Morgan fingerprint density at radius 2 is 2.13 bits per heavy atom. The highest BCUT2D eigenvalue weighted by atomic mass is 35.5. The number of aromatic nitrogens is 3. The number of nitrogens with one attached hydrogen (secondary N) is 1. The molecule has 0 aliphatic heterocycles. The summed E-state index contributed by atoms with van der Waals surface area (Å²) in [5.41, 5.74) is 1.65. The Bertz CT molecular complexity index is 744. The molecule has 0 unspecified atom stereocenters. The van der Waals surface area contributed by atoms with Crippen molar-refractivity contribution in [1.82, 2.24) is 14.5 Å². The van der Waals surface area contributed by atoms with E-state index in [1.165, 1.54) is 6.20 Å². The molecule has 2 rings (SSSR count). The van der Waals surface area contributed by atoms with E-state index in [0.29, 0.717) is 34.3 Å². The minimum absolute atomic E-state index is 0.0836. The zero-order valence-electron chi connectivity index (χ0n) is 14.0. The van der Waals surface area contributed by atoms with Gasteiger partial charge in [0.15, 0.2) is 5.65 Å². The number of nitrogens with zero attached hydrogens (tertiary/aromatic N) is 3. The number of hydrogen-bond acceptors (Lipinski definition) is 4. The minimum Gasteiger partial charge on any atom is -0.396 e. The molecule has 0 saturated carbocycles. The van der Waals surface area contributed by atoms with E-state index in [1.807, 2.05) is 13.8 Å². The number of imidazole rings is 1. The monoisotopic (exact) mass is 338 g/mol. The highest BCUT2D eigenvalue weighted by Crippen LogP contribution is 2.25. The number of oxime groups is 1. The Balaban J connectivity index is 2.54. The van der Waals surface area contributed by atoms with E-state index in [0.717, 1.165) is 12.8 Å². The quantitative estimate of drug-likeness (QED) is 0.617. The number of aromatic amines is 1. The lowest BCUT2D eigenvalue weighted by atomic mass is 10.1. The molecule has 0 fully saturated rings. The van der Waals surface area contributed by atoms with Crippen LogP contribution in [0.3, 0.4) is 0 Å². The number of halogens is 1. The normalized spacial score (nSPS) is 12.1. The molecule has 0 amide bonds. The molecule has 23 heavy (non-hydrogen) atoms. The van der Waals surface area contributed by atoms with Crippen molar-refractivity contribution in [2.45, 2.75) is 46.6 Å². The van der Waals surface area contributed by atoms with Gasteiger partial charge in [-0.05, 0) is 18.8 Å². The van der Waals surface area contributed by atoms with E-state index >= 15 is 0 Å². The largest absolute Gasteiger partial charge is 0.396 e. The first-order valence-electron chi connectivity index (χ1n) is 7.93. The second-order valence-corrected chi connectivity index (χ2v) is 6.32. The highest BCUT2D eigenvalue weighted by molar-refractivity contribution is 6.34. The fourth-order valence-electron chi connectivity index (χ4n) is 2.50. The number of rotatable bonds is 7. The van der Waals surface area contributed by atoms with Crippen LogP contribution in [0.4, 0.5) is 0 Å². The van der Waals surface area contributed by atoms with Crippen molar-refractivity contribution in [1.29, 1.82) is 0 Å². The number of H-pyrrole nitrogens is 1. The molecule has 126 valence electrons. The van der Waals surface area contributed by atoms with Gasteiger partial charge in [-0.1, -0.05) is 44.5 Å². The summed E-state index contributed by atoms with van der Waals surface area (Å²) in [6.07, 6.45) is 4.76. The summed E-state index contributed by atoms with van der Waals surface area (Å²) in [6.45, 7) is 8.72. The van der Waals surface area contributed by atoms with Crippen LogP contribution in [0.1, 0.15) is 52.1 Å². The van der Waals surface area contributed by atoms with Crippen molar-refractivity contribution in [2.24, 2.45) is 11.1 Å². The molecule has 7 heteroatoms. The molecule has 0 bridgehead atoms. The minimum atomic E-state index is -0.179. The van der Waals surface area contributed by atoms with E-state index in [9.17, 15) is 4.79 Å². The van der Waals surface area contributed by atoms with E-state index in [-0.39, 0.29) is 11.7 Å². The fraction of sp³-hybridized carbons (Fsp3) is 0.562. The number of pyridine rings is 1. The molecule has 6 nitrogen and oxygen atoms in total. The molecule has 0 aliphatic carbocycles. The van der Waals surface area contributed by atoms with Crippen LogP contribution in [0, 0.1) is 5.92 Å². The summed E-state index contributed by atoms with van der Waals surface area (Å²) < 4.78 is 1.72. The fourth-order valence-corrected chi connectivity index (χ4v) is 2.69. The summed E-state index contributed by atoms with van der Waals surface area (Å²) in [7, 11) is 0. The van der Waals surface area contributed by atoms with Gasteiger partial charge in [-0.3, -0.25) is 9.55 Å². The lowest BCUT2D eigenvalue weighted by Gasteiger charge is -2.15. The smallest absolute Gasteiger partial charge is 0.327 e. The van der Waals surface area contributed by atoms with Crippen LogP contribution in [-0.2, 0) is 4.84 Å². The second-order valence-electron chi connectivity index (χ2n) is 5.91. The first kappa shape index (κ1) is 17.5. The van der Waals surface area contributed by atoms with Gasteiger partial charge in [0.2, 0.25) is 0 Å². The van der Waals surface area contributed by atoms with Crippen LogP contribution < -0.4 is 5.69 Å². The summed E-state index contributed by atoms with van der Waals surface area (Å²) in [4.78, 5) is 24.6. The first-order chi connectivity index (χ1) is 11.0. The Morgan fingerprint density at radius 1 is 1.43 bits per heavy atom. The molecule has 0 aliphatic rings. The molecule has 0 radical (unpaired) electrons. The Kier molecular flexibility index (Phi) is 5.82. The van der Waals surface area contributed by atoms with Crippen LogP contribution in [0.2, 0.25) is 5.02 Å². The number of fused-ring (bicyclic) bond motifs is 1. The van der Waals surface area contributed by atoms with Gasteiger partial charge in [0.05, 0.1) is 16.8 Å². The van der Waals surface area contributed by atoms with Gasteiger partial charge in [0.1, 0.15) is 6.61 Å². The lowest BCUT2D eigenvalue weighted by Crippen LogP contribution is -2.22. The third-order valence-corrected chi connectivity index (χ3v) is 4.00. The molecule has 0 spiro atoms. The van der Waals surface area contributed by atoms with Crippen molar-refractivity contribution in [3.63, 3.8) is 0 Å². The van der Waals surface area contributed by atoms with E-state index < -0.39 is 0 Å². The van der Waals surface area contributed by atoms with Crippen molar-refractivity contribution in [2.75, 3.05) is 6.61 Å². The summed E-state index contributed by atoms with van der Waals surface area (Å²) >= 11 is 6.28. The molecule has 0 saturated heterocycles. The van der Waals surface area contributed by atoms with Crippen LogP contribution >= 0.6 is 11.6 Å². The second kappa shape index (κ2) is 7.64. The molecule has 2 heterocycles. The van der Waals surface area contributed by atoms with Crippen molar-refractivity contribution >= 4 is 29.0 Å². The topological polar surface area (TPSA) is 72.3 Å². The predicted molar refractivity (Wildman–Crippen MR) is 93.4 cm³/mol. The first-order valence-corrected chi connectivity index (χ1v) is 8.31. The van der Waals surface area contributed by atoms with Crippen molar-refractivity contribution < 1.29 is 4.84 Å².